The fourth-order valence-electron chi connectivity index (χ4n) is 2.27. The lowest BCUT2D eigenvalue weighted by Gasteiger charge is -2.28. The van der Waals surface area contributed by atoms with Gasteiger partial charge in [0.1, 0.15) is 5.75 Å². The Morgan fingerprint density at radius 2 is 1.67 bits per heavy atom. The van der Waals surface area contributed by atoms with Crippen molar-refractivity contribution in [2.45, 2.75) is 26.8 Å². The number of hydrogen-bond acceptors (Lipinski definition) is 3. The summed E-state index contributed by atoms with van der Waals surface area (Å²) in [5, 5.41) is 3.33. The minimum absolute atomic E-state index is 0.128. The van der Waals surface area contributed by atoms with Crippen LogP contribution < -0.4 is 10.1 Å². The molecule has 6 heteroatoms. The van der Waals surface area contributed by atoms with Crippen LogP contribution in [0.4, 0.5) is 13.2 Å². The van der Waals surface area contributed by atoms with Crippen molar-refractivity contribution < 1.29 is 17.9 Å². The van der Waals surface area contributed by atoms with Crippen molar-refractivity contribution in [2.75, 3.05) is 27.2 Å². The Morgan fingerprint density at radius 3 is 2.14 bits per heavy atom. The largest absolute Gasteiger partial charge is 0.573 e. The molecule has 0 atom stereocenters. The molecule has 1 aromatic carbocycles. The molecule has 0 aliphatic rings. The van der Waals surface area contributed by atoms with E-state index in [2.05, 4.69) is 28.8 Å². The molecule has 1 rings (SSSR count). The zero-order valence-corrected chi connectivity index (χ0v) is 12.9. The van der Waals surface area contributed by atoms with Crippen LogP contribution in [0, 0.1) is 5.41 Å². The molecule has 0 unspecified atom stereocenters. The minimum Gasteiger partial charge on any atom is -0.406 e. The maximum atomic E-state index is 12.0. The Balaban J connectivity index is 2.43. The molecular weight excluding hydrogens is 281 g/mol. The van der Waals surface area contributed by atoms with E-state index in [4.69, 9.17) is 0 Å². The first kappa shape index (κ1) is 17.8. The number of hydrogen-bond donors (Lipinski definition) is 1. The first-order chi connectivity index (χ1) is 9.57. The van der Waals surface area contributed by atoms with Crippen molar-refractivity contribution in [3.63, 3.8) is 0 Å². The molecule has 1 aromatic rings. The third kappa shape index (κ3) is 7.92. The summed E-state index contributed by atoms with van der Waals surface area (Å²) in [6, 6.07) is 5.92. The molecule has 0 heterocycles. The van der Waals surface area contributed by atoms with Gasteiger partial charge in [0.25, 0.3) is 0 Å². The lowest BCUT2D eigenvalue weighted by Crippen LogP contribution is -2.37. The topological polar surface area (TPSA) is 24.5 Å². The van der Waals surface area contributed by atoms with Gasteiger partial charge >= 0.3 is 6.36 Å². The van der Waals surface area contributed by atoms with Crippen molar-refractivity contribution in [2.24, 2.45) is 5.41 Å². The van der Waals surface area contributed by atoms with Crippen molar-refractivity contribution in [1.29, 1.82) is 0 Å². The predicted molar refractivity (Wildman–Crippen MR) is 77.2 cm³/mol. The van der Waals surface area contributed by atoms with Gasteiger partial charge in [-0.2, -0.15) is 0 Å². The highest BCUT2D eigenvalue weighted by molar-refractivity contribution is 5.27. The van der Waals surface area contributed by atoms with Crippen molar-refractivity contribution >= 4 is 0 Å². The van der Waals surface area contributed by atoms with Gasteiger partial charge in [-0.3, -0.25) is 0 Å². The van der Waals surface area contributed by atoms with Gasteiger partial charge in [-0.1, -0.05) is 26.0 Å². The Labute approximate surface area is 124 Å². The van der Waals surface area contributed by atoms with Crippen LogP contribution in [0.2, 0.25) is 0 Å². The van der Waals surface area contributed by atoms with E-state index in [-0.39, 0.29) is 11.2 Å². The Morgan fingerprint density at radius 1 is 1.10 bits per heavy atom. The summed E-state index contributed by atoms with van der Waals surface area (Å²) in [6.07, 6.45) is -4.64. The van der Waals surface area contributed by atoms with Crippen LogP contribution in [0.25, 0.3) is 0 Å². The Bertz CT molecular complexity index is 428. The maximum Gasteiger partial charge on any atom is 0.573 e. The molecule has 0 fully saturated rings. The second-order valence-corrected chi connectivity index (χ2v) is 6.20. The van der Waals surface area contributed by atoms with Crippen LogP contribution in [0.3, 0.4) is 0 Å². The zero-order valence-electron chi connectivity index (χ0n) is 12.9. The molecular formula is C15H23F3N2O. The SMILES string of the molecule is CN(C)CC(C)(C)CNCc1ccc(OC(F)(F)F)cc1. The fourth-order valence-corrected chi connectivity index (χ4v) is 2.27. The number of halogens is 3. The number of nitrogens with zero attached hydrogens (tertiary/aromatic N) is 1. The first-order valence-electron chi connectivity index (χ1n) is 6.77. The van der Waals surface area contributed by atoms with E-state index >= 15 is 0 Å². The Kier molecular flexibility index (Phi) is 6.04. The van der Waals surface area contributed by atoms with Gasteiger partial charge in [0, 0.05) is 19.6 Å². The molecule has 1 N–H and O–H groups in total. The number of nitrogens with one attached hydrogen (secondary N) is 1. The second kappa shape index (κ2) is 7.13. The summed E-state index contributed by atoms with van der Waals surface area (Å²) in [7, 11) is 4.06. The van der Waals surface area contributed by atoms with Gasteiger partial charge in [-0.15, -0.1) is 13.2 Å². The van der Waals surface area contributed by atoms with Crippen LogP contribution in [0.15, 0.2) is 24.3 Å². The highest BCUT2D eigenvalue weighted by Crippen LogP contribution is 2.22. The summed E-state index contributed by atoms with van der Waals surface area (Å²) < 4.78 is 40.0. The predicted octanol–water partition coefficient (Wildman–Crippen LogP) is 3.26. The van der Waals surface area contributed by atoms with E-state index in [1.807, 2.05) is 14.1 Å². The molecule has 0 saturated heterocycles. The summed E-state index contributed by atoms with van der Waals surface area (Å²) in [5.41, 5.74) is 1.05. The molecule has 120 valence electrons. The van der Waals surface area contributed by atoms with Crippen LogP contribution in [-0.4, -0.2) is 38.4 Å². The summed E-state index contributed by atoms with van der Waals surface area (Å²) in [4.78, 5) is 2.13. The molecule has 21 heavy (non-hydrogen) atoms. The van der Waals surface area contributed by atoms with E-state index in [1.54, 1.807) is 12.1 Å². The van der Waals surface area contributed by atoms with Gasteiger partial charge in [0.2, 0.25) is 0 Å². The second-order valence-electron chi connectivity index (χ2n) is 6.20. The van der Waals surface area contributed by atoms with Crippen LogP contribution >= 0.6 is 0 Å². The van der Waals surface area contributed by atoms with E-state index < -0.39 is 6.36 Å². The summed E-state index contributed by atoms with van der Waals surface area (Å²) >= 11 is 0. The summed E-state index contributed by atoms with van der Waals surface area (Å²) in [5.74, 6) is -0.195. The zero-order chi connectivity index (χ0) is 16.1. The van der Waals surface area contributed by atoms with Gasteiger partial charge < -0.3 is 15.0 Å². The third-order valence-corrected chi connectivity index (χ3v) is 2.83. The average Bonchev–Trinajstić information content (AvgIpc) is 2.27. The number of alkyl halides is 3. The normalized spacial score (nSPS) is 12.8. The molecule has 0 bridgehead atoms. The summed E-state index contributed by atoms with van der Waals surface area (Å²) in [6.45, 7) is 6.73. The van der Waals surface area contributed by atoms with E-state index in [9.17, 15) is 13.2 Å². The quantitative estimate of drug-likeness (QED) is 0.837. The molecule has 0 aliphatic carbocycles. The van der Waals surface area contributed by atoms with Gasteiger partial charge in [-0.25, -0.2) is 0 Å². The van der Waals surface area contributed by atoms with E-state index in [0.717, 1.165) is 18.7 Å². The van der Waals surface area contributed by atoms with Crippen molar-refractivity contribution in [3.05, 3.63) is 29.8 Å². The molecule has 0 radical (unpaired) electrons. The monoisotopic (exact) mass is 304 g/mol. The standard InChI is InChI=1S/C15H23F3N2O/c1-14(2,11-20(3)4)10-19-9-12-5-7-13(8-6-12)21-15(16,17)18/h5-8,19H,9-11H2,1-4H3. The molecule has 0 aliphatic heterocycles. The number of rotatable bonds is 7. The molecule has 0 aromatic heterocycles. The third-order valence-electron chi connectivity index (χ3n) is 2.83. The van der Waals surface area contributed by atoms with Gasteiger partial charge in [0.15, 0.2) is 0 Å². The van der Waals surface area contributed by atoms with E-state index in [1.165, 1.54) is 12.1 Å². The first-order valence-corrected chi connectivity index (χ1v) is 6.77. The van der Waals surface area contributed by atoms with Gasteiger partial charge in [0.05, 0.1) is 0 Å². The van der Waals surface area contributed by atoms with Crippen LogP contribution in [0.5, 0.6) is 5.75 Å². The van der Waals surface area contributed by atoms with Crippen LogP contribution in [0.1, 0.15) is 19.4 Å². The number of ether oxygens (including phenoxy) is 1. The average molecular weight is 304 g/mol. The maximum absolute atomic E-state index is 12.0. The van der Waals surface area contributed by atoms with Crippen LogP contribution in [-0.2, 0) is 6.54 Å². The lowest BCUT2D eigenvalue weighted by atomic mass is 9.93. The van der Waals surface area contributed by atoms with Gasteiger partial charge in [-0.05, 0) is 37.2 Å². The fraction of sp³-hybridized carbons (Fsp3) is 0.600. The highest BCUT2D eigenvalue weighted by Gasteiger charge is 2.30. The molecule has 0 saturated carbocycles. The minimum atomic E-state index is -4.64. The highest BCUT2D eigenvalue weighted by atomic mass is 19.4. The van der Waals surface area contributed by atoms with Crippen molar-refractivity contribution in [1.82, 2.24) is 10.2 Å². The van der Waals surface area contributed by atoms with Crippen molar-refractivity contribution in [3.8, 4) is 5.75 Å². The molecule has 0 amide bonds. The smallest absolute Gasteiger partial charge is 0.406 e. The van der Waals surface area contributed by atoms with E-state index in [0.29, 0.717) is 6.54 Å². The molecule has 0 spiro atoms. The molecule has 3 nitrogen and oxygen atoms in total. The Hall–Kier alpha value is -1.27. The number of benzene rings is 1. The lowest BCUT2D eigenvalue weighted by molar-refractivity contribution is -0.274.